The molecule has 0 aliphatic heterocycles. The minimum Gasteiger partial charge on any atom is -0.462 e. The minimum absolute atomic E-state index is 0.176. The largest absolute Gasteiger partial charge is 0.462 e. The topological polar surface area (TPSA) is 72.8 Å². The van der Waals surface area contributed by atoms with E-state index in [9.17, 15) is 14.3 Å². The molecule has 0 spiro atoms. The van der Waals surface area contributed by atoms with E-state index in [0.29, 0.717) is 29.6 Å². The highest BCUT2D eigenvalue weighted by atomic mass is 31.2. The van der Waals surface area contributed by atoms with Gasteiger partial charge in [0.1, 0.15) is 13.2 Å². The lowest BCUT2D eigenvalue weighted by molar-refractivity contribution is -0.870. The predicted molar refractivity (Wildman–Crippen MR) is 87.8 cm³/mol. The summed E-state index contributed by atoms with van der Waals surface area (Å²) < 4.78 is 22.6. The lowest BCUT2D eigenvalue weighted by atomic mass is 10.2. The van der Waals surface area contributed by atoms with Crippen molar-refractivity contribution in [2.45, 2.75) is 32.6 Å². The van der Waals surface area contributed by atoms with E-state index < -0.39 is 7.60 Å². The van der Waals surface area contributed by atoms with Crippen LogP contribution in [0.25, 0.3) is 0 Å². The molecule has 6 nitrogen and oxygen atoms in total. The number of hydrogen-bond acceptors (Lipinski definition) is 4. The molecule has 130 valence electrons. The molecule has 0 aromatic carbocycles. The summed E-state index contributed by atoms with van der Waals surface area (Å²) in [5.41, 5.74) is 0.396. The first-order chi connectivity index (χ1) is 10.0. The van der Waals surface area contributed by atoms with E-state index in [1.54, 1.807) is 6.92 Å². The summed E-state index contributed by atoms with van der Waals surface area (Å²) >= 11 is 0. The monoisotopic (exact) mass is 336 g/mol. The molecular formula is C15H31NO5P+. The Bertz CT molecular complexity index is 403. The maximum atomic E-state index is 11.8. The zero-order valence-corrected chi connectivity index (χ0v) is 15.2. The summed E-state index contributed by atoms with van der Waals surface area (Å²) in [6, 6.07) is 0. The fourth-order valence-electron chi connectivity index (χ4n) is 1.58. The Labute approximate surface area is 134 Å². The number of carbonyl (C=O) groups is 1. The second-order valence-electron chi connectivity index (χ2n) is 6.54. The minimum atomic E-state index is -3.47. The first-order valence-corrected chi connectivity index (χ1v) is 9.39. The van der Waals surface area contributed by atoms with Crippen molar-refractivity contribution >= 4 is 13.6 Å². The van der Waals surface area contributed by atoms with Gasteiger partial charge in [0, 0.05) is 11.7 Å². The number of quaternary nitrogens is 1. The summed E-state index contributed by atoms with van der Waals surface area (Å²) in [7, 11) is 2.55. The van der Waals surface area contributed by atoms with Crippen molar-refractivity contribution in [1.29, 1.82) is 0 Å². The quantitative estimate of drug-likeness (QED) is 0.195. The first kappa shape index (κ1) is 21.3. The van der Waals surface area contributed by atoms with Crippen molar-refractivity contribution in [2.24, 2.45) is 0 Å². The molecule has 0 rings (SSSR count). The molecule has 0 aromatic rings. The van der Waals surface area contributed by atoms with Crippen molar-refractivity contribution in [1.82, 2.24) is 0 Å². The summed E-state index contributed by atoms with van der Waals surface area (Å²) in [4.78, 5) is 20.8. The molecule has 22 heavy (non-hydrogen) atoms. The van der Waals surface area contributed by atoms with Gasteiger partial charge in [-0.3, -0.25) is 4.57 Å². The van der Waals surface area contributed by atoms with E-state index in [2.05, 4.69) is 6.58 Å². The summed E-state index contributed by atoms with van der Waals surface area (Å²) in [6.07, 6.45) is 3.22. The van der Waals surface area contributed by atoms with Crippen LogP contribution < -0.4 is 0 Å². The number of ether oxygens (including phenoxy) is 1. The third-order valence-electron chi connectivity index (χ3n) is 2.97. The average Bonchev–Trinajstić information content (AvgIpc) is 2.35. The molecule has 0 amide bonds. The van der Waals surface area contributed by atoms with Crippen LogP contribution in [0.3, 0.4) is 0 Å². The van der Waals surface area contributed by atoms with Gasteiger partial charge < -0.3 is 18.6 Å². The van der Waals surface area contributed by atoms with E-state index >= 15 is 0 Å². The predicted octanol–water partition coefficient (Wildman–Crippen LogP) is 2.57. The summed E-state index contributed by atoms with van der Waals surface area (Å²) in [5, 5.41) is 0. The molecule has 0 saturated carbocycles. The highest BCUT2D eigenvalue weighted by Crippen LogP contribution is 2.42. The molecule has 1 unspecified atom stereocenters. The highest BCUT2D eigenvalue weighted by Gasteiger charge is 2.20. The van der Waals surface area contributed by atoms with E-state index in [1.807, 2.05) is 21.1 Å². The molecular weight excluding hydrogens is 305 g/mol. The van der Waals surface area contributed by atoms with Crippen molar-refractivity contribution < 1.29 is 28.0 Å². The van der Waals surface area contributed by atoms with Gasteiger partial charge in [0.05, 0.1) is 27.7 Å². The van der Waals surface area contributed by atoms with Crippen molar-refractivity contribution in [3.05, 3.63) is 12.2 Å². The lowest BCUT2D eigenvalue weighted by Crippen LogP contribution is -2.37. The fraction of sp³-hybridized carbons (Fsp3) is 0.800. The van der Waals surface area contributed by atoms with Crippen LogP contribution in [-0.2, 0) is 18.6 Å². The van der Waals surface area contributed by atoms with Crippen molar-refractivity contribution in [2.75, 3.05) is 47.1 Å². The van der Waals surface area contributed by atoms with Crippen molar-refractivity contribution in [3.8, 4) is 0 Å². The molecule has 1 atom stereocenters. The van der Waals surface area contributed by atoms with Gasteiger partial charge in [-0.15, -0.1) is 0 Å². The number of unbranched alkanes of at least 4 members (excludes halogenated alkanes) is 3. The molecule has 0 radical (unpaired) electrons. The molecule has 7 heteroatoms. The first-order valence-electron chi connectivity index (χ1n) is 7.63. The van der Waals surface area contributed by atoms with Crippen LogP contribution in [0.2, 0.25) is 0 Å². The van der Waals surface area contributed by atoms with Crippen LogP contribution in [0.5, 0.6) is 0 Å². The van der Waals surface area contributed by atoms with Crippen LogP contribution in [0.4, 0.5) is 0 Å². The number of carbonyl (C=O) groups excluding carboxylic acids is 1. The SMILES string of the molecule is C=C(C)C(=O)OCCCCCCP(=O)(O)OCC[N+](C)(C)C. The van der Waals surface area contributed by atoms with Gasteiger partial charge in [-0.2, -0.15) is 0 Å². The fourth-order valence-corrected chi connectivity index (χ4v) is 2.70. The van der Waals surface area contributed by atoms with Crippen LogP contribution in [0.15, 0.2) is 12.2 Å². The number of hydrogen-bond donors (Lipinski definition) is 1. The molecule has 0 aromatic heterocycles. The van der Waals surface area contributed by atoms with Gasteiger partial charge in [-0.25, -0.2) is 4.79 Å². The Morgan fingerprint density at radius 3 is 2.27 bits per heavy atom. The Balaban J connectivity index is 3.63. The van der Waals surface area contributed by atoms with E-state index in [0.717, 1.165) is 19.3 Å². The molecule has 0 aliphatic carbocycles. The Hall–Kier alpha value is -0.680. The van der Waals surface area contributed by atoms with Gasteiger partial charge >= 0.3 is 13.6 Å². The standard InChI is InChI=1S/C15H30NO5P/c1-14(2)15(17)20-11-8-6-7-9-13-22(18,19)21-12-10-16(3,4)5/h1,6-13H2,2-5H3/p+1. The molecule has 0 bridgehead atoms. The number of nitrogens with zero attached hydrogens (tertiary/aromatic N) is 1. The third kappa shape index (κ3) is 13.0. The van der Waals surface area contributed by atoms with Crippen LogP contribution in [0.1, 0.15) is 32.6 Å². The Morgan fingerprint density at radius 2 is 1.73 bits per heavy atom. The zero-order chi connectivity index (χ0) is 17.2. The van der Waals surface area contributed by atoms with Gasteiger partial charge in [-0.1, -0.05) is 19.4 Å². The van der Waals surface area contributed by atoms with Gasteiger partial charge in [0.15, 0.2) is 0 Å². The van der Waals surface area contributed by atoms with Crippen LogP contribution in [0, 0.1) is 0 Å². The number of esters is 1. The van der Waals surface area contributed by atoms with E-state index in [-0.39, 0.29) is 18.7 Å². The maximum Gasteiger partial charge on any atom is 0.333 e. The second kappa shape index (κ2) is 10.2. The van der Waals surface area contributed by atoms with E-state index in [4.69, 9.17) is 9.26 Å². The third-order valence-corrected chi connectivity index (χ3v) is 4.44. The van der Waals surface area contributed by atoms with Crippen LogP contribution >= 0.6 is 7.60 Å². The lowest BCUT2D eigenvalue weighted by Gasteiger charge is -2.24. The zero-order valence-electron chi connectivity index (χ0n) is 14.3. The Morgan fingerprint density at radius 1 is 1.14 bits per heavy atom. The molecule has 1 N–H and O–H groups in total. The van der Waals surface area contributed by atoms with Crippen molar-refractivity contribution in [3.63, 3.8) is 0 Å². The molecule has 0 aliphatic rings. The van der Waals surface area contributed by atoms with E-state index in [1.165, 1.54) is 0 Å². The summed E-state index contributed by atoms with van der Waals surface area (Å²) in [6.45, 7) is 6.45. The smallest absolute Gasteiger partial charge is 0.333 e. The maximum absolute atomic E-state index is 11.8. The highest BCUT2D eigenvalue weighted by molar-refractivity contribution is 7.52. The molecule has 0 saturated heterocycles. The van der Waals surface area contributed by atoms with Gasteiger partial charge in [0.2, 0.25) is 0 Å². The number of likely N-dealkylation sites (N-methyl/N-ethyl adjacent to an activating group) is 1. The molecule has 0 fully saturated rings. The number of rotatable bonds is 12. The van der Waals surface area contributed by atoms with Gasteiger partial charge in [-0.05, 0) is 19.8 Å². The normalized spacial score (nSPS) is 14.4. The summed E-state index contributed by atoms with van der Waals surface area (Å²) in [5.74, 6) is -0.370. The average molecular weight is 336 g/mol. The Kier molecular flexibility index (Phi) is 9.85. The molecule has 0 heterocycles. The van der Waals surface area contributed by atoms with Crippen LogP contribution in [-0.4, -0.2) is 62.4 Å². The second-order valence-corrected chi connectivity index (χ2v) is 8.52. The van der Waals surface area contributed by atoms with Gasteiger partial charge in [0.25, 0.3) is 0 Å².